The van der Waals surface area contributed by atoms with Crippen molar-refractivity contribution >= 4 is 5.97 Å². The maximum Gasteiger partial charge on any atom is 0.303 e. The highest BCUT2D eigenvalue weighted by atomic mass is 19.1. The van der Waals surface area contributed by atoms with E-state index in [1.54, 1.807) is 12.1 Å². The summed E-state index contributed by atoms with van der Waals surface area (Å²) in [4.78, 5) is 10.7. The lowest BCUT2D eigenvalue weighted by Gasteiger charge is -2.15. The van der Waals surface area contributed by atoms with Gasteiger partial charge in [0.1, 0.15) is 23.9 Å². The van der Waals surface area contributed by atoms with Crippen LogP contribution in [0.15, 0.2) is 54.6 Å². The molecule has 3 rings (SSSR count). The van der Waals surface area contributed by atoms with E-state index in [1.165, 1.54) is 24.5 Å². The topological polar surface area (TPSA) is 55.8 Å². The second-order valence-corrected chi connectivity index (χ2v) is 8.62. The van der Waals surface area contributed by atoms with Gasteiger partial charge in [-0.25, -0.2) is 4.39 Å². The Morgan fingerprint density at radius 2 is 1.71 bits per heavy atom. The van der Waals surface area contributed by atoms with Gasteiger partial charge in [0.2, 0.25) is 0 Å². The molecule has 0 saturated heterocycles. The molecule has 0 bridgehead atoms. The maximum atomic E-state index is 14.3. The third kappa shape index (κ3) is 7.08. The quantitative estimate of drug-likeness (QED) is 0.286. The molecule has 1 N–H and O–H groups in total. The van der Waals surface area contributed by atoms with Crippen molar-refractivity contribution in [3.63, 3.8) is 0 Å². The molecule has 0 aliphatic rings. The minimum absolute atomic E-state index is 0.102. The summed E-state index contributed by atoms with van der Waals surface area (Å²) in [5.41, 5.74) is 5.94. The van der Waals surface area contributed by atoms with Gasteiger partial charge >= 0.3 is 5.97 Å². The van der Waals surface area contributed by atoms with E-state index in [4.69, 9.17) is 14.6 Å². The van der Waals surface area contributed by atoms with E-state index in [0.29, 0.717) is 17.9 Å². The number of hydrogen-bond acceptors (Lipinski definition) is 3. The Morgan fingerprint density at radius 3 is 2.38 bits per heavy atom. The number of halogens is 1. The maximum absolute atomic E-state index is 14.3. The molecule has 0 spiro atoms. The van der Waals surface area contributed by atoms with Gasteiger partial charge in [-0.15, -0.1) is 0 Å². The molecule has 180 valence electrons. The third-order valence-electron chi connectivity index (χ3n) is 5.78. The molecule has 3 aromatic rings. The van der Waals surface area contributed by atoms with Crippen molar-refractivity contribution in [3.05, 3.63) is 82.7 Å². The fraction of sp³-hybridized carbons (Fsp3) is 0.345. The number of unbranched alkanes of at least 4 members (excludes halogenated alkanes) is 2. The van der Waals surface area contributed by atoms with Crippen LogP contribution in [-0.4, -0.2) is 17.7 Å². The first-order valence-corrected chi connectivity index (χ1v) is 11.8. The van der Waals surface area contributed by atoms with E-state index in [2.05, 4.69) is 45.0 Å². The molecule has 0 radical (unpaired) electrons. The number of aliphatic carboxylic acids is 1. The van der Waals surface area contributed by atoms with Crippen molar-refractivity contribution in [2.75, 3.05) is 6.61 Å². The lowest BCUT2D eigenvalue weighted by atomic mass is 9.94. The number of carbonyl (C=O) groups is 1. The fourth-order valence-corrected chi connectivity index (χ4v) is 4.05. The van der Waals surface area contributed by atoms with Gasteiger partial charge in [-0.3, -0.25) is 4.79 Å². The Hall–Kier alpha value is -3.34. The Morgan fingerprint density at radius 1 is 0.941 bits per heavy atom. The zero-order valence-corrected chi connectivity index (χ0v) is 20.2. The van der Waals surface area contributed by atoms with Crippen LogP contribution in [0.25, 0.3) is 11.1 Å². The van der Waals surface area contributed by atoms with Gasteiger partial charge in [0.05, 0.1) is 6.61 Å². The van der Waals surface area contributed by atoms with Crippen LogP contribution in [0.2, 0.25) is 0 Å². The number of carboxylic acids is 1. The van der Waals surface area contributed by atoms with Crippen molar-refractivity contribution in [2.45, 2.75) is 59.5 Å². The molecule has 0 aliphatic heterocycles. The van der Waals surface area contributed by atoms with E-state index in [-0.39, 0.29) is 12.8 Å². The number of aryl methyl sites for hydroxylation is 3. The van der Waals surface area contributed by atoms with Gasteiger partial charge in [0.15, 0.2) is 0 Å². The molecule has 0 heterocycles. The highest BCUT2D eigenvalue weighted by Crippen LogP contribution is 2.32. The molecule has 4 nitrogen and oxygen atoms in total. The molecule has 0 fully saturated rings. The molecule has 5 heteroatoms. The van der Waals surface area contributed by atoms with Crippen molar-refractivity contribution in [1.82, 2.24) is 0 Å². The summed E-state index contributed by atoms with van der Waals surface area (Å²) < 4.78 is 26.0. The Labute approximate surface area is 201 Å². The summed E-state index contributed by atoms with van der Waals surface area (Å²) in [5, 5.41) is 8.78. The smallest absolute Gasteiger partial charge is 0.303 e. The molecule has 34 heavy (non-hydrogen) atoms. The lowest BCUT2D eigenvalue weighted by molar-refractivity contribution is -0.136. The standard InChI is InChI=1S/C29H33FO4/c1-4-5-6-14-33-26-15-20(2)29(21(3)16-26)24-9-7-8-22(17-24)19-34-25-12-10-23(27(30)18-25)11-13-28(31)32/h7-10,12,15-18H,4-6,11,13-14,19H2,1-3H3,(H,31,32). The number of benzene rings is 3. The molecule has 0 aliphatic carbocycles. The van der Waals surface area contributed by atoms with Gasteiger partial charge < -0.3 is 14.6 Å². The van der Waals surface area contributed by atoms with Crippen molar-refractivity contribution in [3.8, 4) is 22.6 Å². The first kappa shape index (κ1) is 25.3. The predicted octanol–water partition coefficient (Wildman–Crippen LogP) is 7.27. The van der Waals surface area contributed by atoms with Crippen LogP contribution < -0.4 is 9.47 Å². The van der Waals surface area contributed by atoms with Crippen LogP contribution in [0.3, 0.4) is 0 Å². The van der Waals surface area contributed by atoms with Crippen LogP contribution >= 0.6 is 0 Å². The summed E-state index contributed by atoms with van der Waals surface area (Å²) in [7, 11) is 0. The monoisotopic (exact) mass is 464 g/mol. The SMILES string of the molecule is CCCCCOc1cc(C)c(-c2cccc(COc3ccc(CCC(=O)O)c(F)c3)c2)c(C)c1. The molecule has 0 atom stereocenters. The van der Waals surface area contributed by atoms with Crippen molar-refractivity contribution < 1.29 is 23.8 Å². The zero-order valence-electron chi connectivity index (χ0n) is 20.2. The third-order valence-corrected chi connectivity index (χ3v) is 5.78. The van der Waals surface area contributed by atoms with Gasteiger partial charge in [0, 0.05) is 12.5 Å². The zero-order chi connectivity index (χ0) is 24.5. The van der Waals surface area contributed by atoms with Gasteiger partial charge in [0.25, 0.3) is 0 Å². The van der Waals surface area contributed by atoms with E-state index >= 15 is 0 Å². The summed E-state index contributed by atoms with van der Waals surface area (Å²) >= 11 is 0. The van der Waals surface area contributed by atoms with Gasteiger partial charge in [-0.05, 0) is 84.3 Å². The number of ether oxygens (including phenoxy) is 2. The molecule has 0 saturated carbocycles. The normalized spacial score (nSPS) is 10.8. The lowest BCUT2D eigenvalue weighted by Crippen LogP contribution is -2.01. The Balaban J connectivity index is 1.68. The average molecular weight is 465 g/mol. The molecular weight excluding hydrogens is 431 g/mol. The summed E-state index contributed by atoms with van der Waals surface area (Å²) in [6.07, 6.45) is 3.46. The van der Waals surface area contributed by atoms with Crippen molar-refractivity contribution in [2.24, 2.45) is 0 Å². The molecule has 3 aromatic carbocycles. The van der Waals surface area contributed by atoms with Crippen LogP contribution in [0, 0.1) is 19.7 Å². The number of carboxylic acid groups (broad SMARTS) is 1. The minimum Gasteiger partial charge on any atom is -0.494 e. The largest absolute Gasteiger partial charge is 0.494 e. The number of rotatable bonds is 12. The molecule has 0 unspecified atom stereocenters. The van der Waals surface area contributed by atoms with E-state index in [0.717, 1.165) is 41.0 Å². The van der Waals surface area contributed by atoms with E-state index in [1.807, 2.05) is 12.1 Å². The van der Waals surface area contributed by atoms with Gasteiger partial charge in [-0.2, -0.15) is 0 Å². The molecular formula is C29H33FO4. The van der Waals surface area contributed by atoms with E-state index in [9.17, 15) is 9.18 Å². The van der Waals surface area contributed by atoms with E-state index < -0.39 is 11.8 Å². The van der Waals surface area contributed by atoms with Crippen LogP contribution in [0.4, 0.5) is 4.39 Å². The Kier molecular flexibility index (Phi) is 9.08. The highest BCUT2D eigenvalue weighted by molar-refractivity contribution is 5.72. The second-order valence-electron chi connectivity index (χ2n) is 8.62. The van der Waals surface area contributed by atoms with Crippen molar-refractivity contribution in [1.29, 1.82) is 0 Å². The molecule has 0 aromatic heterocycles. The van der Waals surface area contributed by atoms with Gasteiger partial charge in [-0.1, -0.05) is 44.0 Å². The average Bonchev–Trinajstić information content (AvgIpc) is 2.80. The minimum atomic E-state index is -0.945. The summed E-state index contributed by atoms with van der Waals surface area (Å²) in [6, 6.07) is 16.9. The highest BCUT2D eigenvalue weighted by Gasteiger charge is 2.11. The Bertz CT molecular complexity index is 1100. The van der Waals surface area contributed by atoms with Crippen LogP contribution in [-0.2, 0) is 17.8 Å². The first-order valence-electron chi connectivity index (χ1n) is 11.8. The first-order chi connectivity index (χ1) is 16.4. The predicted molar refractivity (Wildman–Crippen MR) is 133 cm³/mol. The molecule has 0 amide bonds. The fourth-order valence-electron chi connectivity index (χ4n) is 4.05. The summed E-state index contributed by atoms with van der Waals surface area (Å²) in [5.74, 6) is -0.0722. The summed E-state index contributed by atoms with van der Waals surface area (Å²) in [6.45, 7) is 7.41. The van der Waals surface area contributed by atoms with Crippen LogP contribution in [0.5, 0.6) is 11.5 Å². The second kappa shape index (κ2) is 12.2. The van der Waals surface area contributed by atoms with Crippen LogP contribution in [0.1, 0.15) is 54.9 Å². The number of hydrogen-bond donors (Lipinski definition) is 1.